The molecular formula is C14H19N3O3S. The van der Waals surface area contributed by atoms with Gasteiger partial charge in [-0.1, -0.05) is 0 Å². The molecule has 0 aromatic heterocycles. The molecule has 1 atom stereocenters. The van der Waals surface area contributed by atoms with E-state index in [1.54, 1.807) is 13.0 Å². The lowest BCUT2D eigenvalue weighted by Gasteiger charge is -2.35. The zero-order valence-corrected chi connectivity index (χ0v) is 12.7. The van der Waals surface area contributed by atoms with Crippen molar-refractivity contribution in [3.8, 4) is 6.07 Å². The van der Waals surface area contributed by atoms with E-state index in [1.165, 1.54) is 12.1 Å². The molecular weight excluding hydrogens is 290 g/mol. The lowest BCUT2D eigenvalue weighted by Crippen LogP contribution is -2.37. The molecule has 0 spiro atoms. The standard InChI is InChI=1S/C14H19N3O3S/c1-10(18)11-4-6-17(7-5-11)14-3-2-13(21(16,19)20)8-12(14)9-15/h2-3,8,10-11,18H,4-7H2,1H3,(H2,16,19,20). The van der Waals surface area contributed by atoms with Gasteiger partial charge in [-0.2, -0.15) is 5.26 Å². The van der Waals surface area contributed by atoms with Crippen LogP contribution in [0.4, 0.5) is 5.69 Å². The number of nitrogens with two attached hydrogens (primary N) is 1. The molecule has 114 valence electrons. The number of hydrogen-bond donors (Lipinski definition) is 2. The van der Waals surface area contributed by atoms with Crippen LogP contribution in [-0.2, 0) is 10.0 Å². The molecule has 3 N–H and O–H groups in total. The molecule has 1 aromatic carbocycles. The van der Waals surface area contributed by atoms with Crippen LogP contribution < -0.4 is 10.0 Å². The highest BCUT2D eigenvalue weighted by atomic mass is 32.2. The highest BCUT2D eigenvalue weighted by Crippen LogP contribution is 2.28. The molecule has 0 saturated carbocycles. The highest BCUT2D eigenvalue weighted by molar-refractivity contribution is 7.89. The fourth-order valence-electron chi connectivity index (χ4n) is 2.68. The first-order chi connectivity index (χ1) is 9.82. The number of rotatable bonds is 3. The summed E-state index contributed by atoms with van der Waals surface area (Å²) in [4.78, 5) is 1.99. The Morgan fingerprint density at radius 2 is 2.05 bits per heavy atom. The Morgan fingerprint density at radius 1 is 1.43 bits per heavy atom. The van der Waals surface area contributed by atoms with E-state index in [4.69, 9.17) is 5.14 Å². The van der Waals surface area contributed by atoms with Crippen LogP contribution in [-0.4, -0.2) is 32.7 Å². The van der Waals surface area contributed by atoms with Crippen molar-refractivity contribution in [2.75, 3.05) is 18.0 Å². The Morgan fingerprint density at radius 3 is 2.52 bits per heavy atom. The zero-order chi connectivity index (χ0) is 15.6. The minimum absolute atomic E-state index is 0.0540. The van der Waals surface area contributed by atoms with Gasteiger partial charge in [0.2, 0.25) is 10.0 Å². The smallest absolute Gasteiger partial charge is 0.238 e. The first-order valence-electron chi connectivity index (χ1n) is 6.83. The first-order valence-corrected chi connectivity index (χ1v) is 8.37. The van der Waals surface area contributed by atoms with Gasteiger partial charge in [0.05, 0.1) is 22.3 Å². The van der Waals surface area contributed by atoms with Gasteiger partial charge in [0.25, 0.3) is 0 Å². The summed E-state index contributed by atoms with van der Waals surface area (Å²) < 4.78 is 22.7. The van der Waals surface area contributed by atoms with Crippen molar-refractivity contribution in [1.82, 2.24) is 0 Å². The molecule has 21 heavy (non-hydrogen) atoms. The molecule has 1 saturated heterocycles. The number of nitrogens with zero attached hydrogens (tertiary/aromatic N) is 2. The second-order valence-electron chi connectivity index (χ2n) is 5.40. The maximum absolute atomic E-state index is 11.3. The van der Waals surface area contributed by atoms with Crippen molar-refractivity contribution in [2.24, 2.45) is 11.1 Å². The molecule has 1 aromatic rings. The molecule has 0 radical (unpaired) electrons. The molecule has 7 heteroatoms. The summed E-state index contributed by atoms with van der Waals surface area (Å²) in [5, 5.41) is 23.9. The topological polar surface area (TPSA) is 107 Å². The quantitative estimate of drug-likeness (QED) is 0.859. The van der Waals surface area contributed by atoms with Gasteiger partial charge in [-0.3, -0.25) is 0 Å². The Labute approximate surface area is 124 Å². The summed E-state index contributed by atoms with van der Waals surface area (Å²) in [6.07, 6.45) is 1.37. The summed E-state index contributed by atoms with van der Waals surface area (Å²) in [5.41, 5.74) is 1.02. The van der Waals surface area contributed by atoms with Crippen LogP contribution in [0.1, 0.15) is 25.3 Å². The van der Waals surface area contributed by atoms with Crippen LogP contribution in [0.25, 0.3) is 0 Å². The van der Waals surface area contributed by atoms with Gasteiger partial charge in [0.15, 0.2) is 0 Å². The predicted molar refractivity (Wildman–Crippen MR) is 79.1 cm³/mol. The first kappa shape index (κ1) is 15.8. The van der Waals surface area contributed by atoms with E-state index in [0.717, 1.165) is 25.9 Å². The zero-order valence-electron chi connectivity index (χ0n) is 11.9. The normalized spacial score (nSPS) is 18.3. The number of anilines is 1. The average Bonchev–Trinajstić information content (AvgIpc) is 2.45. The summed E-state index contributed by atoms with van der Waals surface area (Å²) in [5.74, 6) is 0.274. The summed E-state index contributed by atoms with van der Waals surface area (Å²) in [6.45, 7) is 3.26. The second-order valence-corrected chi connectivity index (χ2v) is 6.96. The third-order valence-electron chi connectivity index (χ3n) is 3.98. The number of aliphatic hydroxyl groups is 1. The molecule has 1 aliphatic heterocycles. The summed E-state index contributed by atoms with van der Waals surface area (Å²) >= 11 is 0. The maximum atomic E-state index is 11.3. The monoisotopic (exact) mass is 309 g/mol. The van der Waals surface area contributed by atoms with E-state index in [1.807, 2.05) is 11.0 Å². The molecule has 1 unspecified atom stereocenters. The van der Waals surface area contributed by atoms with Crippen LogP contribution in [0, 0.1) is 17.2 Å². The number of aliphatic hydroxyl groups excluding tert-OH is 1. The number of primary sulfonamides is 1. The largest absolute Gasteiger partial charge is 0.393 e. The van der Waals surface area contributed by atoms with E-state index in [0.29, 0.717) is 11.3 Å². The van der Waals surface area contributed by atoms with Crippen molar-refractivity contribution in [3.05, 3.63) is 23.8 Å². The minimum Gasteiger partial charge on any atom is -0.393 e. The molecule has 1 fully saturated rings. The lowest BCUT2D eigenvalue weighted by molar-refractivity contribution is 0.110. The van der Waals surface area contributed by atoms with Crippen molar-refractivity contribution < 1.29 is 13.5 Å². The second kappa shape index (κ2) is 6.02. The van der Waals surface area contributed by atoms with Crippen LogP contribution in [0.3, 0.4) is 0 Å². The summed E-state index contributed by atoms with van der Waals surface area (Å²) in [7, 11) is -3.81. The molecule has 0 bridgehead atoms. The van der Waals surface area contributed by atoms with Gasteiger partial charge < -0.3 is 10.0 Å². The van der Waals surface area contributed by atoms with E-state index < -0.39 is 10.0 Å². The van der Waals surface area contributed by atoms with Crippen LogP contribution in [0.15, 0.2) is 23.1 Å². The molecule has 2 rings (SSSR count). The lowest BCUT2D eigenvalue weighted by atomic mass is 9.91. The van der Waals surface area contributed by atoms with Crippen LogP contribution in [0.2, 0.25) is 0 Å². The fraction of sp³-hybridized carbons (Fsp3) is 0.500. The number of nitriles is 1. The van der Waals surface area contributed by atoms with Gasteiger partial charge in [0.1, 0.15) is 6.07 Å². The van der Waals surface area contributed by atoms with Crippen molar-refractivity contribution in [3.63, 3.8) is 0 Å². The van der Waals surface area contributed by atoms with E-state index in [2.05, 4.69) is 0 Å². The molecule has 1 aliphatic rings. The predicted octanol–water partition coefficient (Wildman–Crippen LogP) is 0.803. The van der Waals surface area contributed by atoms with E-state index in [9.17, 15) is 18.8 Å². The van der Waals surface area contributed by atoms with Crippen molar-refractivity contribution >= 4 is 15.7 Å². The minimum atomic E-state index is -3.81. The molecule has 1 heterocycles. The van der Waals surface area contributed by atoms with Gasteiger partial charge >= 0.3 is 0 Å². The van der Waals surface area contributed by atoms with Gasteiger partial charge in [-0.25, -0.2) is 13.6 Å². The summed E-state index contributed by atoms with van der Waals surface area (Å²) in [6, 6.07) is 6.39. The third-order valence-corrected chi connectivity index (χ3v) is 4.89. The van der Waals surface area contributed by atoms with Gasteiger partial charge in [0, 0.05) is 13.1 Å². The number of benzene rings is 1. The number of sulfonamides is 1. The van der Waals surface area contributed by atoms with Gasteiger partial charge in [-0.05, 0) is 43.9 Å². The maximum Gasteiger partial charge on any atom is 0.238 e. The Hall–Kier alpha value is -1.62. The molecule has 0 amide bonds. The van der Waals surface area contributed by atoms with Crippen LogP contribution >= 0.6 is 0 Å². The molecule has 0 aliphatic carbocycles. The SMILES string of the molecule is CC(O)C1CCN(c2ccc(S(N)(=O)=O)cc2C#N)CC1. The Kier molecular flexibility index (Phi) is 4.52. The fourth-order valence-corrected chi connectivity index (χ4v) is 3.22. The van der Waals surface area contributed by atoms with Gasteiger partial charge in [-0.15, -0.1) is 0 Å². The molecule has 6 nitrogen and oxygen atoms in total. The average molecular weight is 309 g/mol. The Balaban J connectivity index is 2.24. The van der Waals surface area contributed by atoms with Crippen LogP contribution in [0.5, 0.6) is 0 Å². The number of piperidine rings is 1. The van der Waals surface area contributed by atoms with Crippen molar-refractivity contribution in [1.29, 1.82) is 5.26 Å². The van der Waals surface area contributed by atoms with E-state index in [-0.39, 0.29) is 16.9 Å². The number of hydrogen-bond acceptors (Lipinski definition) is 5. The third kappa shape index (κ3) is 3.53. The Bertz CT molecular complexity index is 657. The highest BCUT2D eigenvalue weighted by Gasteiger charge is 2.24. The van der Waals surface area contributed by atoms with Crippen molar-refractivity contribution in [2.45, 2.75) is 30.8 Å². The van der Waals surface area contributed by atoms with E-state index >= 15 is 0 Å².